The van der Waals surface area contributed by atoms with E-state index in [1.165, 1.54) is 25.7 Å². The monoisotopic (exact) mass is 317 g/mol. The fraction of sp³-hybridized carbons (Fsp3) is 0.684. The summed E-state index contributed by atoms with van der Waals surface area (Å²) in [6, 6.07) is 5.91. The van der Waals surface area contributed by atoms with Crippen LogP contribution in [0, 0.1) is 5.92 Å². The molecule has 126 valence electrons. The number of hydrogen-bond acceptors (Lipinski definition) is 4. The van der Waals surface area contributed by atoms with Crippen molar-refractivity contribution >= 4 is 5.78 Å². The number of carbonyl (C=O) groups is 1. The highest BCUT2D eigenvalue weighted by atomic mass is 16.7. The molecule has 1 saturated carbocycles. The summed E-state index contributed by atoms with van der Waals surface area (Å²) in [6.07, 6.45) is 9.95. The maximum absolute atomic E-state index is 12.8. The zero-order valence-electron chi connectivity index (χ0n) is 13.8. The van der Waals surface area contributed by atoms with E-state index >= 15 is 0 Å². The van der Waals surface area contributed by atoms with Gasteiger partial charge in [0.05, 0.1) is 13.2 Å². The molecule has 2 heterocycles. The van der Waals surface area contributed by atoms with Gasteiger partial charge in [0.2, 0.25) is 0 Å². The molecule has 1 aliphatic carbocycles. The minimum Gasteiger partial charge on any atom is -0.350 e. The van der Waals surface area contributed by atoms with Gasteiger partial charge in [-0.25, -0.2) is 0 Å². The molecule has 3 rings (SSSR count). The zero-order chi connectivity index (χ0) is 15.9. The van der Waals surface area contributed by atoms with Gasteiger partial charge in [0.25, 0.3) is 0 Å². The van der Waals surface area contributed by atoms with Crippen LogP contribution in [0.5, 0.6) is 0 Å². The second kappa shape index (κ2) is 8.55. The Morgan fingerprint density at radius 3 is 2.52 bits per heavy atom. The van der Waals surface area contributed by atoms with Crippen LogP contribution in [0.3, 0.4) is 0 Å². The van der Waals surface area contributed by atoms with Crippen LogP contribution >= 0.6 is 0 Å². The predicted molar refractivity (Wildman–Crippen MR) is 88.1 cm³/mol. The summed E-state index contributed by atoms with van der Waals surface area (Å²) < 4.78 is 11.2. The minimum atomic E-state index is -0.191. The van der Waals surface area contributed by atoms with Gasteiger partial charge >= 0.3 is 0 Å². The Kier molecular flexibility index (Phi) is 6.17. The molecule has 1 saturated heterocycles. The van der Waals surface area contributed by atoms with Gasteiger partial charge in [0.15, 0.2) is 6.29 Å². The van der Waals surface area contributed by atoms with Crippen molar-refractivity contribution in [1.82, 2.24) is 4.98 Å². The topological polar surface area (TPSA) is 48.4 Å². The van der Waals surface area contributed by atoms with Gasteiger partial charge < -0.3 is 9.47 Å². The highest BCUT2D eigenvalue weighted by Gasteiger charge is 2.28. The summed E-state index contributed by atoms with van der Waals surface area (Å²) in [5, 5.41) is 0. The smallest absolute Gasteiger partial charge is 0.158 e. The van der Waals surface area contributed by atoms with E-state index in [9.17, 15) is 4.79 Å². The summed E-state index contributed by atoms with van der Waals surface area (Å²) in [7, 11) is 0. The molecule has 4 heteroatoms. The van der Waals surface area contributed by atoms with Crippen LogP contribution in [0.15, 0.2) is 24.4 Å². The van der Waals surface area contributed by atoms with Crippen molar-refractivity contribution < 1.29 is 14.3 Å². The lowest BCUT2D eigenvalue weighted by atomic mass is 9.86. The molecule has 0 radical (unpaired) electrons. The van der Waals surface area contributed by atoms with E-state index in [1.807, 2.05) is 18.2 Å². The molecule has 23 heavy (non-hydrogen) atoms. The fourth-order valence-corrected chi connectivity index (χ4v) is 3.71. The van der Waals surface area contributed by atoms with E-state index in [4.69, 9.17) is 9.47 Å². The van der Waals surface area contributed by atoms with E-state index < -0.39 is 0 Å². The third-order valence-electron chi connectivity index (χ3n) is 5.03. The summed E-state index contributed by atoms with van der Waals surface area (Å²) >= 11 is 0. The fourth-order valence-electron chi connectivity index (χ4n) is 3.71. The van der Waals surface area contributed by atoms with Gasteiger partial charge in [-0.15, -0.1) is 0 Å². The number of carbonyl (C=O) groups excluding carboxylic acids is 1. The molecular weight excluding hydrogens is 290 g/mol. The Morgan fingerprint density at radius 2 is 1.87 bits per heavy atom. The Bertz CT molecular complexity index is 477. The van der Waals surface area contributed by atoms with Gasteiger partial charge in [-0.05, 0) is 25.0 Å². The second-order valence-electron chi connectivity index (χ2n) is 6.72. The van der Waals surface area contributed by atoms with E-state index in [1.54, 1.807) is 6.20 Å². The van der Waals surface area contributed by atoms with Gasteiger partial charge in [0, 0.05) is 36.6 Å². The van der Waals surface area contributed by atoms with Gasteiger partial charge in [-0.3, -0.25) is 9.78 Å². The molecule has 4 nitrogen and oxygen atoms in total. The molecule has 0 N–H and O–H groups in total. The highest BCUT2D eigenvalue weighted by Crippen LogP contribution is 2.31. The molecule has 0 amide bonds. The van der Waals surface area contributed by atoms with Crippen molar-refractivity contribution in [3.63, 3.8) is 0 Å². The number of hydrogen-bond donors (Lipinski definition) is 0. The first-order chi connectivity index (χ1) is 11.3. The Morgan fingerprint density at radius 1 is 1.13 bits per heavy atom. The van der Waals surface area contributed by atoms with Crippen molar-refractivity contribution in [3.05, 3.63) is 30.1 Å². The number of ether oxygens (including phenoxy) is 2. The van der Waals surface area contributed by atoms with Crippen LogP contribution in [-0.2, 0) is 14.3 Å². The average Bonchev–Trinajstić information content (AvgIpc) is 2.94. The Hall–Kier alpha value is -1.26. The molecular formula is C19H27NO3. The highest BCUT2D eigenvalue weighted by molar-refractivity contribution is 5.81. The molecule has 2 fully saturated rings. The van der Waals surface area contributed by atoms with Crippen molar-refractivity contribution in [2.75, 3.05) is 13.2 Å². The minimum absolute atomic E-state index is 0.0926. The summed E-state index contributed by atoms with van der Waals surface area (Å²) in [5.41, 5.74) is 0.980. The lowest BCUT2D eigenvalue weighted by Gasteiger charge is -2.21. The molecule has 1 aromatic rings. The van der Waals surface area contributed by atoms with Crippen molar-refractivity contribution in [1.29, 1.82) is 0 Å². The van der Waals surface area contributed by atoms with Crippen LogP contribution in [-0.4, -0.2) is 30.3 Å². The first-order valence-electron chi connectivity index (χ1n) is 9.00. The van der Waals surface area contributed by atoms with Crippen LogP contribution in [0.1, 0.15) is 63.0 Å². The predicted octanol–water partition coefficient (Wildman–Crippen LogP) is 3.86. The standard InChI is InChI=1S/C19H27NO3/c21-18(15-7-3-1-2-4-8-15)13-16(14-19-22-11-12-23-19)17-9-5-6-10-20-17/h5-6,9-10,15-16,19H,1-4,7-8,11-14H2. The van der Waals surface area contributed by atoms with Crippen LogP contribution in [0.25, 0.3) is 0 Å². The first kappa shape index (κ1) is 16.6. The molecule has 0 aromatic carbocycles. The van der Waals surface area contributed by atoms with Crippen molar-refractivity contribution in [3.8, 4) is 0 Å². The third-order valence-corrected chi connectivity index (χ3v) is 5.03. The zero-order valence-corrected chi connectivity index (χ0v) is 13.8. The molecule has 1 atom stereocenters. The van der Waals surface area contributed by atoms with Crippen LogP contribution in [0.2, 0.25) is 0 Å². The number of nitrogens with zero attached hydrogens (tertiary/aromatic N) is 1. The Labute approximate surface area is 138 Å². The lowest BCUT2D eigenvalue weighted by molar-refractivity contribution is -0.124. The van der Waals surface area contributed by atoms with Crippen molar-refractivity contribution in [2.45, 2.75) is 63.6 Å². The molecule has 0 spiro atoms. The molecule has 2 aliphatic rings. The maximum atomic E-state index is 12.8. The molecule has 1 aliphatic heterocycles. The van der Waals surface area contributed by atoms with E-state index in [0.717, 1.165) is 25.0 Å². The normalized spacial score (nSPS) is 21.9. The van der Waals surface area contributed by atoms with Crippen LogP contribution in [0.4, 0.5) is 0 Å². The summed E-state index contributed by atoms with van der Waals surface area (Å²) in [6.45, 7) is 1.30. The van der Waals surface area contributed by atoms with Gasteiger partial charge in [-0.2, -0.15) is 0 Å². The number of aromatic nitrogens is 1. The van der Waals surface area contributed by atoms with E-state index in [0.29, 0.717) is 25.4 Å². The molecule has 1 unspecified atom stereocenters. The number of rotatable bonds is 6. The maximum Gasteiger partial charge on any atom is 0.158 e. The number of ketones is 1. The SMILES string of the molecule is O=C(CC(CC1OCCO1)c1ccccn1)C1CCCCCC1. The van der Waals surface area contributed by atoms with Crippen LogP contribution < -0.4 is 0 Å². The average molecular weight is 317 g/mol. The third kappa shape index (κ3) is 4.85. The molecule has 1 aromatic heterocycles. The Balaban J connectivity index is 1.65. The first-order valence-corrected chi connectivity index (χ1v) is 9.00. The van der Waals surface area contributed by atoms with Gasteiger partial charge in [-0.1, -0.05) is 31.7 Å². The summed E-state index contributed by atoms with van der Waals surface area (Å²) in [5.74, 6) is 0.740. The van der Waals surface area contributed by atoms with Gasteiger partial charge in [0.1, 0.15) is 5.78 Å². The number of pyridine rings is 1. The molecule has 0 bridgehead atoms. The van der Waals surface area contributed by atoms with E-state index in [-0.39, 0.29) is 18.1 Å². The van der Waals surface area contributed by atoms with Crippen molar-refractivity contribution in [2.24, 2.45) is 5.92 Å². The summed E-state index contributed by atoms with van der Waals surface area (Å²) in [4.78, 5) is 17.3. The quantitative estimate of drug-likeness (QED) is 0.748. The second-order valence-corrected chi connectivity index (χ2v) is 6.72. The van der Waals surface area contributed by atoms with E-state index in [2.05, 4.69) is 4.98 Å². The lowest BCUT2D eigenvalue weighted by Crippen LogP contribution is -2.21. The number of Topliss-reactive ketones (excluding diaryl/α,β-unsaturated/α-hetero) is 1. The largest absolute Gasteiger partial charge is 0.350 e.